The van der Waals surface area contributed by atoms with Gasteiger partial charge in [0.15, 0.2) is 5.13 Å². The van der Waals surface area contributed by atoms with Crippen LogP contribution in [0.2, 0.25) is 0 Å². The number of hydrogen-bond acceptors (Lipinski definition) is 6. The Morgan fingerprint density at radius 2 is 2.64 bits per heavy atom. The molecule has 0 spiro atoms. The van der Waals surface area contributed by atoms with Crippen molar-refractivity contribution in [3.05, 3.63) is 9.98 Å². The number of anilines is 1. The van der Waals surface area contributed by atoms with E-state index in [0.717, 1.165) is 0 Å². The molecule has 1 unspecified atom stereocenters. The van der Waals surface area contributed by atoms with Crippen LogP contribution in [0, 0.1) is 0 Å². The first-order valence-electron chi connectivity index (χ1n) is 3.73. The number of hydrogen-bond donors (Lipinski definition) is 2. The lowest BCUT2D eigenvalue weighted by Crippen LogP contribution is -2.33. The summed E-state index contributed by atoms with van der Waals surface area (Å²) < 4.78 is 5.17. The number of aromatic nitrogens is 1. The van der Waals surface area contributed by atoms with Crippen LogP contribution in [0.1, 0.15) is 0 Å². The number of aliphatic hydroxyl groups is 1. The highest BCUT2D eigenvalue weighted by atomic mass is 79.9. The fourth-order valence-corrected chi connectivity index (χ4v) is 1.99. The van der Waals surface area contributed by atoms with Gasteiger partial charge in [-0.3, -0.25) is 0 Å². The smallest absolute Gasteiger partial charge is 0.330 e. The maximum Gasteiger partial charge on any atom is 0.330 e. The summed E-state index contributed by atoms with van der Waals surface area (Å²) in [6.07, 6.45) is 0. The van der Waals surface area contributed by atoms with Gasteiger partial charge >= 0.3 is 5.97 Å². The maximum absolute atomic E-state index is 11.1. The summed E-state index contributed by atoms with van der Waals surface area (Å²) in [5.41, 5.74) is 0. The van der Waals surface area contributed by atoms with Crippen molar-refractivity contribution in [2.45, 2.75) is 6.04 Å². The van der Waals surface area contributed by atoms with Crippen molar-refractivity contribution in [2.75, 3.05) is 19.0 Å². The summed E-state index contributed by atoms with van der Waals surface area (Å²) in [5, 5.41) is 14.0. The first-order valence-corrected chi connectivity index (χ1v) is 5.41. The molecule has 2 N–H and O–H groups in total. The fourth-order valence-electron chi connectivity index (χ4n) is 0.791. The molecule has 1 atom stereocenters. The summed E-state index contributed by atoms with van der Waals surface area (Å²) in [7, 11) is 1.27. The first-order chi connectivity index (χ1) is 6.67. The van der Waals surface area contributed by atoms with Crippen LogP contribution in [0.5, 0.6) is 0 Å². The second-order valence-corrected chi connectivity index (χ2v) is 4.05. The van der Waals surface area contributed by atoms with Crippen molar-refractivity contribution in [1.29, 1.82) is 0 Å². The van der Waals surface area contributed by atoms with Gasteiger partial charge in [-0.2, -0.15) is 0 Å². The zero-order valence-electron chi connectivity index (χ0n) is 7.36. The number of rotatable bonds is 4. The van der Waals surface area contributed by atoms with E-state index in [9.17, 15) is 4.79 Å². The number of aliphatic hydroxyl groups excluding tert-OH is 1. The van der Waals surface area contributed by atoms with Gasteiger partial charge in [-0.05, 0) is 15.9 Å². The van der Waals surface area contributed by atoms with Gasteiger partial charge in [-0.25, -0.2) is 9.78 Å². The summed E-state index contributed by atoms with van der Waals surface area (Å²) in [4.78, 5) is 15.1. The molecule has 0 saturated heterocycles. The van der Waals surface area contributed by atoms with Crippen LogP contribution in [0.15, 0.2) is 9.98 Å². The number of ether oxygens (including phenoxy) is 1. The lowest BCUT2D eigenvalue weighted by atomic mass is 10.3. The third kappa shape index (κ3) is 2.93. The number of nitrogens with one attached hydrogen (secondary N) is 1. The molecule has 1 aromatic heterocycles. The van der Waals surface area contributed by atoms with Gasteiger partial charge in [-0.15, -0.1) is 11.3 Å². The second-order valence-electron chi connectivity index (χ2n) is 2.38. The van der Waals surface area contributed by atoms with Crippen LogP contribution in [-0.2, 0) is 9.53 Å². The predicted octanol–water partition coefficient (Wildman–Crippen LogP) is 0.851. The quantitative estimate of drug-likeness (QED) is 0.801. The zero-order chi connectivity index (χ0) is 10.6. The normalized spacial score (nSPS) is 12.2. The lowest BCUT2D eigenvalue weighted by molar-refractivity contribution is -0.142. The highest BCUT2D eigenvalue weighted by Crippen LogP contribution is 2.20. The molecule has 5 nitrogen and oxygen atoms in total. The van der Waals surface area contributed by atoms with Crippen molar-refractivity contribution >= 4 is 38.4 Å². The van der Waals surface area contributed by atoms with Crippen LogP contribution in [0.25, 0.3) is 0 Å². The number of carbonyl (C=O) groups is 1. The van der Waals surface area contributed by atoms with Crippen molar-refractivity contribution < 1.29 is 14.6 Å². The summed E-state index contributed by atoms with van der Waals surface area (Å²) in [6.45, 7) is -0.329. The van der Waals surface area contributed by atoms with E-state index in [4.69, 9.17) is 5.11 Å². The number of thiazole rings is 1. The Bertz CT molecular complexity index is 318. The Balaban J connectivity index is 2.61. The molecule has 0 aliphatic rings. The summed E-state index contributed by atoms with van der Waals surface area (Å²) in [6, 6.07) is -0.766. The largest absolute Gasteiger partial charge is 0.467 e. The molecule has 14 heavy (non-hydrogen) atoms. The van der Waals surface area contributed by atoms with E-state index >= 15 is 0 Å². The molecule has 0 aliphatic carbocycles. The minimum absolute atomic E-state index is 0.329. The van der Waals surface area contributed by atoms with Gasteiger partial charge in [0.1, 0.15) is 10.6 Å². The topological polar surface area (TPSA) is 71.5 Å². The maximum atomic E-state index is 11.1. The van der Waals surface area contributed by atoms with Crippen molar-refractivity contribution in [1.82, 2.24) is 4.98 Å². The molecule has 1 rings (SSSR count). The highest BCUT2D eigenvalue weighted by molar-refractivity contribution is 9.10. The lowest BCUT2D eigenvalue weighted by Gasteiger charge is -2.12. The molecular formula is C7H9BrN2O3S. The standard InChI is InChI=1S/C7H9BrN2O3S/c1-13-6(12)4(2-11)9-7-10-5(8)3-14-7/h3-4,11H,2H2,1H3,(H,9,10). The number of esters is 1. The molecular weight excluding hydrogens is 272 g/mol. The molecule has 0 aliphatic heterocycles. The van der Waals surface area contributed by atoms with E-state index in [1.807, 2.05) is 0 Å². The van der Waals surface area contributed by atoms with Crippen LogP contribution in [0.3, 0.4) is 0 Å². The van der Waals surface area contributed by atoms with Crippen molar-refractivity contribution in [3.8, 4) is 0 Å². The Morgan fingerprint density at radius 1 is 1.93 bits per heavy atom. The van der Waals surface area contributed by atoms with Crippen LogP contribution >= 0.6 is 27.3 Å². The average Bonchev–Trinajstić information content (AvgIpc) is 2.59. The Kier molecular flexibility index (Phi) is 4.30. The average molecular weight is 281 g/mol. The molecule has 0 amide bonds. The molecule has 78 valence electrons. The van der Waals surface area contributed by atoms with E-state index in [1.54, 1.807) is 5.38 Å². The van der Waals surface area contributed by atoms with Crippen molar-refractivity contribution in [3.63, 3.8) is 0 Å². The number of nitrogens with zero attached hydrogens (tertiary/aromatic N) is 1. The SMILES string of the molecule is COC(=O)C(CO)Nc1nc(Br)cs1. The summed E-state index contributed by atoms with van der Waals surface area (Å²) in [5.74, 6) is -0.515. The Hall–Kier alpha value is -0.660. The third-order valence-electron chi connectivity index (χ3n) is 1.44. The van der Waals surface area contributed by atoms with E-state index in [0.29, 0.717) is 9.73 Å². The first kappa shape index (κ1) is 11.4. The van der Waals surface area contributed by atoms with Crippen molar-refractivity contribution in [2.24, 2.45) is 0 Å². The van der Waals surface area contributed by atoms with Gasteiger partial charge in [0.25, 0.3) is 0 Å². The minimum atomic E-state index is -0.766. The van der Waals surface area contributed by atoms with Crippen LogP contribution < -0.4 is 5.32 Å². The van der Waals surface area contributed by atoms with Gasteiger partial charge in [0.05, 0.1) is 13.7 Å². The van der Waals surface area contributed by atoms with E-state index in [-0.39, 0.29) is 6.61 Å². The molecule has 0 fully saturated rings. The highest BCUT2D eigenvalue weighted by Gasteiger charge is 2.18. The minimum Gasteiger partial charge on any atom is -0.467 e. The zero-order valence-corrected chi connectivity index (χ0v) is 9.76. The molecule has 0 bridgehead atoms. The Morgan fingerprint density at radius 3 is 3.07 bits per heavy atom. The number of methoxy groups -OCH3 is 1. The molecule has 1 aromatic rings. The second kappa shape index (κ2) is 5.28. The van der Waals surface area contributed by atoms with Gasteiger partial charge in [-0.1, -0.05) is 0 Å². The van der Waals surface area contributed by atoms with E-state index in [1.165, 1.54) is 18.4 Å². The summed E-state index contributed by atoms with van der Waals surface area (Å²) >= 11 is 4.51. The molecule has 0 aromatic carbocycles. The molecule has 0 saturated carbocycles. The number of halogens is 1. The van der Waals surface area contributed by atoms with Gasteiger partial charge in [0.2, 0.25) is 0 Å². The molecule has 0 radical (unpaired) electrons. The van der Waals surface area contributed by atoms with E-state index < -0.39 is 12.0 Å². The van der Waals surface area contributed by atoms with Crippen LogP contribution in [0.4, 0.5) is 5.13 Å². The Labute approximate surface area is 93.2 Å². The van der Waals surface area contributed by atoms with Gasteiger partial charge in [0, 0.05) is 5.38 Å². The van der Waals surface area contributed by atoms with Gasteiger partial charge < -0.3 is 15.2 Å². The molecule has 7 heteroatoms. The number of carbonyl (C=O) groups excluding carboxylic acids is 1. The van der Waals surface area contributed by atoms with E-state index in [2.05, 4.69) is 31.0 Å². The monoisotopic (exact) mass is 280 g/mol. The fraction of sp³-hybridized carbons (Fsp3) is 0.429. The van der Waals surface area contributed by atoms with Crippen LogP contribution in [-0.4, -0.2) is 35.8 Å². The third-order valence-corrected chi connectivity index (χ3v) is 2.92. The molecule has 1 heterocycles. The predicted molar refractivity (Wildman–Crippen MR) is 56.3 cm³/mol.